The molecule has 2 heterocycles. The lowest BCUT2D eigenvalue weighted by Gasteiger charge is -2.33. The number of piperidine rings is 1. The number of hydrogen-bond acceptors (Lipinski definition) is 5. The summed E-state index contributed by atoms with van der Waals surface area (Å²) in [4.78, 5) is 40.9. The van der Waals surface area contributed by atoms with E-state index in [2.05, 4.69) is 10.3 Å². The fourth-order valence-electron chi connectivity index (χ4n) is 2.59. The average Bonchev–Trinajstić information content (AvgIpc) is 2.52. The van der Waals surface area contributed by atoms with Gasteiger partial charge in [0.2, 0.25) is 0 Å². The molecule has 0 aromatic carbocycles. The Balaban J connectivity index is 2.00. The first-order chi connectivity index (χ1) is 11.7. The van der Waals surface area contributed by atoms with E-state index in [-0.39, 0.29) is 23.3 Å². The Bertz CT molecular complexity index is 668. The Morgan fingerprint density at radius 3 is 2.60 bits per heavy atom. The van der Waals surface area contributed by atoms with Gasteiger partial charge >= 0.3 is 12.1 Å². The number of pyridine rings is 1. The number of ether oxygens (including phenoxy) is 1. The van der Waals surface area contributed by atoms with Crippen LogP contribution in [0.15, 0.2) is 18.2 Å². The van der Waals surface area contributed by atoms with Gasteiger partial charge in [0.25, 0.3) is 5.91 Å². The largest absolute Gasteiger partial charge is 0.477 e. The van der Waals surface area contributed by atoms with E-state index < -0.39 is 17.7 Å². The average molecular weight is 349 g/mol. The van der Waals surface area contributed by atoms with Crippen LogP contribution in [0.5, 0.6) is 0 Å². The second-order valence-corrected chi connectivity index (χ2v) is 6.95. The molecule has 1 aliphatic heterocycles. The highest BCUT2D eigenvalue weighted by molar-refractivity contribution is 5.94. The Kier molecular flexibility index (Phi) is 5.61. The SMILES string of the molecule is CC(C)(C)OC(=O)N[C@H]1CCCN(C(=O)c2cccc(C(=O)O)n2)C1. The molecule has 1 aromatic rings. The summed E-state index contributed by atoms with van der Waals surface area (Å²) >= 11 is 0. The first-order valence-electron chi connectivity index (χ1n) is 8.15. The molecule has 8 heteroatoms. The molecular weight excluding hydrogens is 326 g/mol. The lowest BCUT2D eigenvalue weighted by atomic mass is 10.1. The minimum absolute atomic E-state index is 0.0813. The smallest absolute Gasteiger partial charge is 0.407 e. The van der Waals surface area contributed by atoms with Gasteiger partial charge in [-0.05, 0) is 45.7 Å². The van der Waals surface area contributed by atoms with Gasteiger partial charge in [0.05, 0.1) is 0 Å². The lowest BCUT2D eigenvalue weighted by Crippen LogP contribution is -2.50. The minimum atomic E-state index is -1.18. The van der Waals surface area contributed by atoms with Crippen LogP contribution in [0.1, 0.15) is 54.6 Å². The number of nitrogens with one attached hydrogen (secondary N) is 1. The van der Waals surface area contributed by atoms with Gasteiger partial charge in [-0.15, -0.1) is 0 Å². The lowest BCUT2D eigenvalue weighted by molar-refractivity contribution is 0.0450. The monoisotopic (exact) mass is 349 g/mol. The van der Waals surface area contributed by atoms with Crippen molar-refractivity contribution in [3.8, 4) is 0 Å². The first-order valence-corrected chi connectivity index (χ1v) is 8.15. The van der Waals surface area contributed by atoms with Gasteiger partial charge in [-0.3, -0.25) is 4.79 Å². The van der Waals surface area contributed by atoms with Crippen LogP contribution < -0.4 is 5.32 Å². The molecule has 25 heavy (non-hydrogen) atoms. The summed E-state index contributed by atoms with van der Waals surface area (Å²) in [6, 6.07) is 4.10. The molecule has 1 atom stereocenters. The molecule has 2 N–H and O–H groups in total. The second-order valence-electron chi connectivity index (χ2n) is 6.95. The number of aromatic nitrogens is 1. The van der Waals surface area contributed by atoms with Gasteiger partial charge in [0.15, 0.2) is 0 Å². The highest BCUT2D eigenvalue weighted by atomic mass is 16.6. The highest BCUT2D eigenvalue weighted by Crippen LogP contribution is 2.15. The predicted molar refractivity (Wildman–Crippen MR) is 89.5 cm³/mol. The number of carbonyl (C=O) groups is 3. The van der Waals surface area contributed by atoms with Crippen LogP contribution in [0.2, 0.25) is 0 Å². The van der Waals surface area contributed by atoms with E-state index in [1.807, 2.05) is 0 Å². The van der Waals surface area contributed by atoms with Crippen molar-refractivity contribution in [2.75, 3.05) is 13.1 Å². The van der Waals surface area contributed by atoms with Gasteiger partial charge in [0.1, 0.15) is 17.0 Å². The summed E-state index contributed by atoms with van der Waals surface area (Å²) < 4.78 is 5.23. The summed E-state index contributed by atoms with van der Waals surface area (Å²) in [5.41, 5.74) is -0.681. The van der Waals surface area contributed by atoms with Crippen molar-refractivity contribution in [2.45, 2.75) is 45.3 Å². The van der Waals surface area contributed by atoms with Crippen molar-refractivity contribution in [1.82, 2.24) is 15.2 Å². The molecule has 0 radical (unpaired) electrons. The quantitative estimate of drug-likeness (QED) is 0.863. The maximum absolute atomic E-state index is 12.6. The van der Waals surface area contributed by atoms with E-state index in [4.69, 9.17) is 9.84 Å². The number of aromatic carboxylic acids is 1. The number of rotatable bonds is 3. The zero-order valence-electron chi connectivity index (χ0n) is 14.6. The number of carboxylic acid groups (broad SMARTS) is 1. The van der Waals surface area contributed by atoms with Crippen molar-refractivity contribution >= 4 is 18.0 Å². The van der Waals surface area contributed by atoms with Crippen LogP contribution >= 0.6 is 0 Å². The molecule has 2 rings (SSSR count). The van der Waals surface area contributed by atoms with E-state index in [9.17, 15) is 14.4 Å². The van der Waals surface area contributed by atoms with Crippen molar-refractivity contribution in [2.24, 2.45) is 0 Å². The van der Waals surface area contributed by atoms with Crippen LogP contribution in [-0.2, 0) is 4.74 Å². The van der Waals surface area contributed by atoms with Gasteiger partial charge in [-0.2, -0.15) is 0 Å². The third kappa shape index (κ3) is 5.44. The number of nitrogens with zero attached hydrogens (tertiary/aromatic N) is 2. The number of likely N-dealkylation sites (tertiary alicyclic amines) is 1. The van der Waals surface area contributed by atoms with Gasteiger partial charge in [-0.25, -0.2) is 14.6 Å². The molecule has 1 aromatic heterocycles. The topological polar surface area (TPSA) is 109 Å². The standard InChI is InChI=1S/C17H23N3O5/c1-17(2,3)25-16(24)18-11-6-5-9-20(10-11)14(21)12-7-4-8-13(19-12)15(22)23/h4,7-8,11H,5-6,9-10H2,1-3H3,(H,18,24)(H,22,23)/t11-/m0/s1. The third-order valence-electron chi connectivity index (χ3n) is 3.62. The molecule has 0 aliphatic carbocycles. The van der Waals surface area contributed by atoms with E-state index >= 15 is 0 Å². The summed E-state index contributed by atoms with van der Waals surface area (Å²) in [6.07, 6.45) is 0.953. The van der Waals surface area contributed by atoms with E-state index in [0.29, 0.717) is 13.1 Å². The van der Waals surface area contributed by atoms with Crippen LogP contribution in [0, 0.1) is 0 Å². The molecule has 0 saturated carbocycles. The molecule has 8 nitrogen and oxygen atoms in total. The van der Waals surface area contributed by atoms with E-state index in [0.717, 1.165) is 12.8 Å². The number of alkyl carbamates (subject to hydrolysis) is 1. The van der Waals surface area contributed by atoms with Gasteiger partial charge < -0.3 is 20.1 Å². The normalized spacial score (nSPS) is 17.7. The molecular formula is C17H23N3O5. The first kappa shape index (κ1) is 18.7. The van der Waals surface area contributed by atoms with E-state index in [1.54, 1.807) is 25.7 Å². The molecule has 1 fully saturated rings. The summed E-state index contributed by atoms with van der Waals surface area (Å²) in [5.74, 6) is -1.53. The minimum Gasteiger partial charge on any atom is -0.477 e. The van der Waals surface area contributed by atoms with Crippen molar-refractivity contribution in [3.63, 3.8) is 0 Å². The van der Waals surface area contributed by atoms with Crippen LogP contribution in [0.4, 0.5) is 4.79 Å². The molecule has 1 saturated heterocycles. The van der Waals surface area contributed by atoms with Gasteiger partial charge in [0, 0.05) is 19.1 Å². The molecule has 0 spiro atoms. The van der Waals surface area contributed by atoms with Crippen molar-refractivity contribution < 1.29 is 24.2 Å². The number of carbonyl (C=O) groups excluding carboxylic acids is 2. The molecule has 2 amide bonds. The Morgan fingerprint density at radius 2 is 1.96 bits per heavy atom. The third-order valence-corrected chi connectivity index (χ3v) is 3.62. The maximum Gasteiger partial charge on any atom is 0.407 e. The van der Waals surface area contributed by atoms with E-state index in [1.165, 1.54) is 18.2 Å². The molecule has 1 aliphatic rings. The Morgan fingerprint density at radius 1 is 1.28 bits per heavy atom. The summed E-state index contributed by atoms with van der Waals surface area (Å²) in [5, 5.41) is 11.8. The van der Waals surface area contributed by atoms with Crippen LogP contribution in [0.25, 0.3) is 0 Å². The summed E-state index contributed by atoms with van der Waals surface area (Å²) in [7, 11) is 0. The zero-order valence-corrected chi connectivity index (χ0v) is 14.6. The van der Waals surface area contributed by atoms with Crippen molar-refractivity contribution in [1.29, 1.82) is 0 Å². The van der Waals surface area contributed by atoms with Gasteiger partial charge in [-0.1, -0.05) is 6.07 Å². The fourth-order valence-corrected chi connectivity index (χ4v) is 2.59. The zero-order chi connectivity index (χ0) is 18.6. The Labute approximate surface area is 146 Å². The second kappa shape index (κ2) is 7.50. The van der Waals surface area contributed by atoms with Crippen molar-refractivity contribution in [3.05, 3.63) is 29.6 Å². The Hall–Kier alpha value is -2.64. The number of amides is 2. The highest BCUT2D eigenvalue weighted by Gasteiger charge is 2.28. The fraction of sp³-hybridized carbons (Fsp3) is 0.529. The molecule has 136 valence electrons. The number of hydrogen-bond donors (Lipinski definition) is 2. The van der Waals surface area contributed by atoms with Crippen LogP contribution in [0.3, 0.4) is 0 Å². The molecule has 0 bridgehead atoms. The maximum atomic E-state index is 12.6. The van der Waals surface area contributed by atoms with Crippen LogP contribution in [-0.4, -0.2) is 57.7 Å². The summed E-state index contributed by atoms with van der Waals surface area (Å²) in [6.45, 7) is 6.21. The molecule has 0 unspecified atom stereocenters. The number of carboxylic acids is 1. The predicted octanol–water partition coefficient (Wildman–Crippen LogP) is 1.91.